The smallest absolute Gasteiger partial charge is 0.373 e. The van der Waals surface area contributed by atoms with Gasteiger partial charge in [0.25, 0.3) is 0 Å². The second-order valence-corrected chi connectivity index (χ2v) is 6.66. The molecule has 5 nitrogen and oxygen atoms in total. The Kier molecular flexibility index (Phi) is 6.16. The molecular formula is C18H24F3N3O2. The second-order valence-electron chi connectivity index (χ2n) is 6.66. The Labute approximate surface area is 150 Å². The van der Waals surface area contributed by atoms with Crippen LogP contribution >= 0.6 is 0 Å². The first-order chi connectivity index (χ1) is 12.4. The molecule has 2 aliphatic heterocycles. The molecule has 1 amide bonds. The van der Waals surface area contributed by atoms with Crippen LogP contribution in [0.3, 0.4) is 0 Å². The third-order valence-corrected chi connectivity index (χ3v) is 4.93. The number of carbonyl (C=O) groups is 1. The van der Waals surface area contributed by atoms with Crippen molar-refractivity contribution in [3.63, 3.8) is 0 Å². The lowest BCUT2D eigenvalue weighted by atomic mass is 9.95. The zero-order chi connectivity index (χ0) is 18.6. The van der Waals surface area contributed by atoms with Gasteiger partial charge in [0.2, 0.25) is 5.91 Å². The Morgan fingerprint density at radius 1 is 1.31 bits per heavy atom. The number of nitrogens with zero attached hydrogens (tertiary/aromatic N) is 1. The lowest BCUT2D eigenvalue weighted by Crippen LogP contribution is -2.57. The van der Waals surface area contributed by atoms with Gasteiger partial charge in [-0.15, -0.1) is 0 Å². The summed E-state index contributed by atoms with van der Waals surface area (Å²) in [5, 5.41) is 5.50. The number of alkyl halides is 3. The van der Waals surface area contributed by atoms with Gasteiger partial charge in [0.15, 0.2) is 0 Å². The van der Waals surface area contributed by atoms with Gasteiger partial charge in [-0.3, -0.25) is 9.69 Å². The van der Waals surface area contributed by atoms with Crippen molar-refractivity contribution < 1.29 is 22.7 Å². The zero-order valence-corrected chi connectivity index (χ0v) is 14.5. The van der Waals surface area contributed by atoms with Crippen LogP contribution in [0.2, 0.25) is 0 Å². The number of halogens is 3. The normalized spacial score (nSPS) is 22.5. The summed E-state index contributed by atoms with van der Waals surface area (Å²) in [5.74, 6) is -0.420. The fourth-order valence-electron chi connectivity index (χ4n) is 3.54. The topological polar surface area (TPSA) is 53.6 Å². The Morgan fingerprint density at radius 2 is 2.04 bits per heavy atom. The number of benzene rings is 1. The largest absolute Gasteiger partial charge is 0.405 e. The van der Waals surface area contributed by atoms with E-state index in [-0.39, 0.29) is 6.42 Å². The number of rotatable bonds is 5. The molecule has 0 spiro atoms. The Balaban J connectivity index is 1.57. The van der Waals surface area contributed by atoms with E-state index in [4.69, 9.17) is 4.74 Å². The van der Waals surface area contributed by atoms with Crippen LogP contribution in [0.1, 0.15) is 23.7 Å². The molecule has 0 radical (unpaired) electrons. The Hall–Kier alpha value is -1.64. The molecule has 0 bridgehead atoms. The first-order valence-electron chi connectivity index (χ1n) is 8.93. The highest BCUT2D eigenvalue weighted by molar-refractivity contribution is 5.76. The molecule has 2 heterocycles. The molecule has 26 heavy (non-hydrogen) atoms. The predicted molar refractivity (Wildman–Crippen MR) is 90.8 cm³/mol. The first-order valence-corrected chi connectivity index (χ1v) is 8.93. The van der Waals surface area contributed by atoms with Gasteiger partial charge in [-0.05, 0) is 17.5 Å². The van der Waals surface area contributed by atoms with Crippen LogP contribution in [0.25, 0.3) is 0 Å². The van der Waals surface area contributed by atoms with Crippen LogP contribution < -0.4 is 10.6 Å². The average molecular weight is 371 g/mol. The van der Waals surface area contributed by atoms with Crippen molar-refractivity contribution in [1.82, 2.24) is 15.5 Å². The van der Waals surface area contributed by atoms with Crippen LogP contribution in [0.15, 0.2) is 24.3 Å². The van der Waals surface area contributed by atoms with Crippen LogP contribution in [0.5, 0.6) is 0 Å². The summed E-state index contributed by atoms with van der Waals surface area (Å²) >= 11 is 0. The SMILES string of the molecule is O=C(CC1OCCc2ccccc21)NCC(N1CCNCC1)C(F)(F)F. The standard InChI is InChI=1S/C18H24F3N3O2/c19-18(20,21)16(24-8-6-22-7-9-24)12-23-17(25)11-15-14-4-2-1-3-13(14)5-10-26-15/h1-4,15-16,22H,5-12H2,(H,23,25). The molecule has 2 unspecified atom stereocenters. The van der Waals surface area contributed by atoms with E-state index < -0.39 is 30.8 Å². The summed E-state index contributed by atoms with van der Waals surface area (Å²) in [4.78, 5) is 13.6. The maximum atomic E-state index is 13.4. The van der Waals surface area contributed by atoms with E-state index in [2.05, 4.69) is 10.6 Å². The average Bonchev–Trinajstić information content (AvgIpc) is 2.62. The zero-order valence-electron chi connectivity index (χ0n) is 14.5. The lowest BCUT2D eigenvalue weighted by molar-refractivity contribution is -0.184. The van der Waals surface area contributed by atoms with Crippen molar-refractivity contribution in [2.24, 2.45) is 0 Å². The molecule has 8 heteroatoms. The number of amides is 1. The fraction of sp³-hybridized carbons (Fsp3) is 0.611. The second kappa shape index (κ2) is 8.37. The number of hydrogen-bond acceptors (Lipinski definition) is 4. The molecule has 0 aliphatic carbocycles. The molecule has 1 aromatic rings. The van der Waals surface area contributed by atoms with Crippen LogP contribution in [-0.2, 0) is 16.0 Å². The fourth-order valence-corrected chi connectivity index (χ4v) is 3.54. The summed E-state index contributed by atoms with van der Waals surface area (Å²) in [6.45, 7) is 1.76. The minimum atomic E-state index is -4.38. The molecular weight excluding hydrogens is 347 g/mol. The molecule has 1 fully saturated rings. The van der Waals surface area contributed by atoms with Gasteiger partial charge in [-0.25, -0.2) is 0 Å². The van der Waals surface area contributed by atoms with Crippen molar-refractivity contribution in [2.45, 2.75) is 31.2 Å². The third kappa shape index (κ3) is 4.75. The van der Waals surface area contributed by atoms with E-state index in [0.717, 1.165) is 17.5 Å². The van der Waals surface area contributed by atoms with Crippen LogP contribution in [0.4, 0.5) is 13.2 Å². The Bertz CT molecular complexity index is 618. The summed E-state index contributed by atoms with van der Waals surface area (Å²) in [6.07, 6.45) is -3.96. The number of fused-ring (bicyclic) bond motifs is 1. The van der Waals surface area contributed by atoms with Crippen molar-refractivity contribution in [2.75, 3.05) is 39.3 Å². The predicted octanol–water partition coefficient (Wildman–Crippen LogP) is 1.64. The van der Waals surface area contributed by atoms with E-state index in [9.17, 15) is 18.0 Å². The van der Waals surface area contributed by atoms with Gasteiger partial charge in [0.05, 0.1) is 19.1 Å². The van der Waals surface area contributed by atoms with Crippen LogP contribution in [0, 0.1) is 0 Å². The van der Waals surface area contributed by atoms with Gasteiger partial charge < -0.3 is 15.4 Å². The van der Waals surface area contributed by atoms with E-state index in [1.807, 2.05) is 24.3 Å². The van der Waals surface area contributed by atoms with Crippen molar-refractivity contribution in [3.8, 4) is 0 Å². The number of carbonyl (C=O) groups excluding carboxylic acids is 1. The maximum Gasteiger partial charge on any atom is 0.405 e. The van der Waals surface area contributed by atoms with E-state index in [1.54, 1.807) is 0 Å². The van der Waals surface area contributed by atoms with Crippen LogP contribution in [-0.4, -0.2) is 62.4 Å². The lowest BCUT2D eigenvalue weighted by Gasteiger charge is -2.36. The molecule has 2 atom stereocenters. The third-order valence-electron chi connectivity index (χ3n) is 4.93. The highest BCUT2D eigenvalue weighted by atomic mass is 19.4. The van der Waals surface area contributed by atoms with E-state index in [0.29, 0.717) is 32.8 Å². The highest BCUT2D eigenvalue weighted by Gasteiger charge is 2.43. The van der Waals surface area contributed by atoms with Gasteiger partial charge in [-0.1, -0.05) is 24.3 Å². The number of nitrogens with one attached hydrogen (secondary N) is 2. The molecule has 1 aromatic carbocycles. The Morgan fingerprint density at radius 3 is 2.77 bits per heavy atom. The number of hydrogen-bond donors (Lipinski definition) is 2. The van der Waals surface area contributed by atoms with E-state index in [1.165, 1.54) is 4.90 Å². The van der Waals surface area contributed by atoms with Gasteiger partial charge >= 0.3 is 6.18 Å². The molecule has 2 N–H and O–H groups in total. The monoisotopic (exact) mass is 371 g/mol. The molecule has 144 valence electrons. The maximum absolute atomic E-state index is 13.4. The summed E-state index contributed by atoms with van der Waals surface area (Å²) in [6, 6.07) is 6.05. The minimum Gasteiger partial charge on any atom is -0.373 e. The first kappa shape index (κ1) is 19.1. The molecule has 0 aromatic heterocycles. The number of piperazine rings is 1. The molecule has 2 aliphatic rings. The van der Waals surface area contributed by atoms with Crippen molar-refractivity contribution in [3.05, 3.63) is 35.4 Å². The summed E-state index contributed by atoms with van der Waals surface area (Å²) in [7, 11) is 0. The minimum absolute atomic E-state index is 0.0309. The highest BCUT2D eigenvalue weighted by Crippen LogP contribution is 2.29. The quantitative estimate of drug-likeness (QED) is 0.826. The molecule has 0 saturated carbocycles. The van der Waals surface area contributed by atoms with E-state index >= 15 is 0 Å². The molecule has 1 saturated heterocycles. The van der Waals surface area contributed by atoms with Gasteiger partial charge in [-0.2, -0.15) is 13.2 Å². The van der Waals surface area contributed by atoms with Crippen molar-refractivity contribution in [1.29, 1.82) is 0 Å². The summed E-state index contributed by atoms with van der Waals surface area (Å²) < 4.78 is 45.8. The van der Waals surface area contributed by atoms with Gasteiger partial charge in [0, 0.05) is 32.7 Å². The number of ether oxygens (including phenoxy) is 1. The van der Waals surface area contributed by atoms with Gasteiger partial charge in [0.1, 0.15) is 6.04 Å². The molecule has 3 rings (SSSR count). The summed E-state index contributed by atoms with van der Waals surface area (Å²) in [5.41, 5.74) is 2.08. The van der Waals surface area contributed by atoms with Crippen molar-refractivity contribution >= 4 is 5.91 Å².